The molecule has 2 aromatic heterocycles. The standard InChI is InChI=1S/C29H30N6/c1-35-15-9-20-5-6-22(16-27(20)35)25-17-24(18-26-29(25)33-12-3-11-32-26)34-28(21-7-13-30-14-8-21)23-4-2-10-31-19-23/h2,4-6,9-12,15-19,21,28,30,34H,3,7-8,13-14H2,1H3. The van der Waals surface area contributed by atoms with Gasteiger partial charge < -0.3 is 15.2 Å². The number of nitrogens with one attached hydrogen (secondary N) is 2. The molecule has 1 saturated heterocycles. The Balaban J connectivity index is 1.46. The lowest BCUT2D eigenvalue weighted by Gasteiger charge is -2.32. The van der Waals surface area contributed by atoms with Gasteiger partial charge in [0.25, 0.3) is 0 Å². The molecule has 0 amide bonds. The van der Waals surface area contributed by atoms with E-state index in [0.717, 1.165) is 60.5 Å². The van der Waals surface area contributed by atoms with Crippen molar-refractivity contribution in [1.82, 2.24) is 14.9 Å². The van der Waals surface area contributed by atoms with Crippen LogP contribution in [0.15, 0.2) is 77.1 Å². The Bertz CT molecular complexity index is 1400. The van der Waals surface area contributed by atoms with Crippen LogP contribution < -0.4 is 10.6 Å². The van der Waals surface area contributed by atoms with Gasteiger partial charge in [-0.05, 0) is 78.7 Å². The van der Waals surface area contributed by atoms with Crippen molar-refractivity contribution >= 4 is 40.4 Å². The van der Waals surface area contributed by atoms with Crippen molar-refractivity contribution in [3.63, 3.8) is 0 Å². The number of hydrogen-bond acceptors (Lipinski definition) is 5. The molecular weight excluding hydrogens is 432 g/mol. The van der Waals surface area contributed by atoms with Crippen molar-refractivity contribution in [1.29, 1.82) is 0 Å². The molecule has 6 nitrogen and oxygen atoms in total. The second kappa shape index (κ2) is 9.47. The molecule has 6 rings (SSSR count). The van der Waals surface area contributed by atoms with E-state index in [9.17, 15) is 0 Å². The topological polar surface area (TPSA) is 66.6 Å². The van der Waals surface area contributed by atoms with Crippen LogP contribution >= 0.6 is 0 Å². The van der Waals surface area contributed by atoms with E-state index in [-0.39, 0.29) is 6.04 Å². The fourth-order valence-corrected chi connectivity index (χ4v) is 5.32. The minimum atomic E-state index is 0.185. The maximum atomic E-state index is 4.82. The second-order valence-corrected chi connectivity index (χ2v) is 9.45. The highest BCUT2D eigenvalue weighted by molar-refractivity contribution is 5.96. The molecule has 2 aliphatic rings. The Morgan fingerprint density at radius 1 is 1.03 bits per heavy atom. The van der Waals surface area contributed by atoms with Gasteiger partial charge in [0.2, 0.25) is 0 Å². The van der Waals surface area contributed by atoms with Crippen LogP contribution in [0.2, 0.25) is 0 Å². The number of piperidine rings is 1. The molecule has 0 spiro atoms. The van der Waals surface area contributed by atoms with Crippen molar-refractivity contribution < 1.29 is 0 Å². The van der Waals surface area contributed by atoms with E-state index in [1.54, 1.807) is 0 Å². The van der Waals surface area contributed by atoms with Gasteiger partial charge in [-0.25, -0.2) is 0 Å². The monoisotopic (exact) mass is 462 g/mol. The van der Waals surface area contributed by atoms with Crippen LogP contribution in [-0.4, -0.2) is 35.1 Å². The van der Waals surface area contributed by atoms with E-state index in [1.165, 1.54) is 16.5 Å². The summed E-state index contributed by atoms with van der Waals surface area (Å²) in [5, 5.41) is 8.63. The van der Waals surface area contributed by atoms with Crippen LogP contribution in [0.1, 0.15) is 30.9 Å². The smallest absolute Gasteiger partial charge is 0.0962 e. The summed E-state index contributed by atoms with van der Waals surface area (Å²) in [6.07, 6.45) is 12.8. The first kappa shape index (κ1) is 21.7. The van der Waals surface area contributed by atoms with E-state index >= 15 is 0 Å². The molecule has 6 heteroatoms. The Morgan fingerprint density at radius 2 is 1.91 bits per heavy atom. The number of aliphatic imine (C=N–C) groups is 2. The molecule has 1 atom stereocenters. The second-order valence-electron chi connectivity index (χ2n) is 9.45. The van der Waals surface area contributed by atoms with E-state index in [2.05, 4.69) is 75.9 Å². The molecule has 1 unspecified atom stereocenters. The van der Waals surface area contributed by atoms with Gasteiger partial charge in [0, 0.05) is 61.3 Å². The van der Waals surface area contributed by atoms with Crippen LogP contribution in [0.3, 0.4) is 0 Å². The van der Waals surface area contributed by atoms with Crippen molar-refractivity contribution in [2.45, 2.75) is 25.3 Å². The SMILES string of the molecule is Cn1ccc2ccc(-c3cc(NC(c4cccnc4)C4CCNCC4)cc4c3N=CCC=N4)cc21. The Kier molecular flexibility index (Phi) is 5.88. The molecule has 0 bridgehead atoms. The van der Waals surface area contributed by atoms with Crippen molar-refractivity contribution in [2.75, 3.05) is 18.4 Å². The highest BCUT2D eigenvalue weighted by atomic mass is 15.0. The zero-order valence-corrected chi connectivity index (χ0v) is 20.0. The van der Waals surface area contributed by atoms with E-state index in [1.807, 2.05) is 30.9 Å². The van der Waals surface area contributed by atoms with E-state index in [0.29, 0.717) is 5.92 Å². The van der Waals surface area contributed by atoms with Gasteiger partial charge >= 0.3 is 0 Å². The molecule has 0 radical (unpaired) electrons. The fourth-order valence-electron chi connectivity index (χ4n) is 5.32. The summed E-state index contributed by atoms with van der Waals surface area (Å²) < 4.78 is 2.16. The van der Waals surface area contributed by atoms with Crippen molar-refractivity contribution in [2.24, 2.45) is 23.0 Å². The lowest BCUT2D eigenvalue weighted by Crippen LogP contribution is -2.33. The molecule has 4 aromatic rings. The number of aryl methyl sites for hydroxylation is 1. The normalized spacial score (nSPS) is 16.7. The Labute approximate surface area is 205 Å². The molecule has 176 valence electrons. The summed E-state index contributed by atoms with van der Waals surface area (Å²) in [6.45, 7) is 2.10. The maximum Gasteiger partial charge on any atom is 0.0962 e. The zero-order valence-electron chi connectivity index (χ0n) is 20.0. The molecular formula is C29H30N6. The third-order valence-electron chi connectivity index (χ3n) is 7.17. The number of benzene rings is 2. The van der Waals surface area contributed by atoms with Gasteiger partial charge in [0.05, 0.1) is 17.4 Å². The third kappa shape index (κ3) is 4.37. The summed E-state index contributed by atoms with van der Waals surface area (Å²) >= 11 is 0. The molecule has 4 heterocycles. The van der Waals surface area contributed by atoms with Gasteiger partial charge in [-0.2, -0.15) is 0 Å². The highest BCUT2D eigenvalue weighted by Crippen LogP contribution is 2.44. The van der Waals surface area contributed by atoms with Gasteiger partial charge in [-0.3, -0.25) is 15.0 Å². The van der Waals surface area contributed by atoms with Crippen molar-refractivity contribution in [3.8, 4) is 11.1 Å². The van der Waals surface area contributed by atoms with Gasteiger partial charge in [0.15, 0.2) is 0 Å². The minimum Gasteiger partial charge on any atom is -0.378 e. The predicted octanol–water partition coefficient (Wildman–Crippen LogP) is 6.20. The summed E-state index contributed by atoms with van der Waals surface area (Å²) in [7, 11) is 2.09. The lowest BCUT2D eigenvalue weighted by atomic mass is 9.86. The Morgan fingerprint density at radius 3 is 2.77 bits per heavy atom. The first-order valence-electron chi connectivity index (χ1n) is 12.4. The highest BCUT2D eigenvalue weighted by Gasteiger charge is 2.26. The van der Waals surface area contributed by atoms with Crippen LogP contribution in [0.4, 0.5) is 17.1 Å². The zero-order chi connectivity index (χ0) is 23.6. The van der Waals surface area contributed by atoms with Gasteiger partial charge in [-0.1, -0.05) is 18.2 Å². The van der Waals surface area contributed by atoms with Crippen LogP contribution in [0, 0.1) is 5.92 Å². The quantitative estimate of drug-likeness (QED) is 0.371. The number of aromatic nitrogens is 2. The van der Waals surface area contributed by atoms with E-state index in [4.69, 9.17) is 9.98 Å². The number of pyridine rings is 1. The molecule has 2 N–H and O–H groups in total. The van der Waals surface area contributed by atoms with Crippen LogP contribution in [0.5, 0.6) is 0 Å². The summed E-state index contributed by atoms with van der Waals surface area (Å²) in [5.41, 5.74) is 7.57. The largest absolute Gasteiger partial charge is 0.378 e. The third-order valence-corrected chi connectivity index (χ3v) is 7.17. The molecule has 1 fully saturated rings. The van der Waals surface area contributed by atoms with Crippen LogP contribution in [-0.2, 0) is 7.05 Å². The first-order chi connectivity index (χ1) is 17.3. The van der Waals surface area contributed by atoms with Gasteiger partial charge in [0.1, 0.15) is 0 Å². The van der Waals surface area contributed by atoms with Gasteiger partial charge in [-0.15, -0.1) is 0 Å². The molecule has 35 heavy (non-hydrogen) atoms. The molecule has 2 aliphatic heterocycles. The molecule has 0 saturated carbocycles. The summed E-state index contributed by atoms with van der Waals surface area (Å²) in [4.78, 5) is 14.0. The first-order valence-corrected chi connectivity index (χ1v) is 12.4. The summed E-state index contributed by atoms with van der Waals surface area (Å²) in [6, 6.07) is 17.6. The molecule has 2 aromatic carbocycles. The fraction of sp³-hybridized carbons (Fsp3) is 0.276. The van der Waals surface area contributed by atoms with E-state index < -0.39 is 0 Å². The maximum absolute atomic E-state index is 4.82. The summed E-state index contributed by atoms with van der Waals surface area (Å²) in [5.74, 6) is 0.531. The Hall–Kier alpha value is -3.77. The number of fused-ring (bicyclic) bond motifs is 2. The lowest BCUT2D eigenvalue weighted by molar-refractivity contribution is 0.335. The number of hydrogen-bond donors (Lipinski definition) is 2. The van der Waals surface area contributed by atoms with Crippen LogP contribution in [0.25, 0.3) is 22.0 Å². The number of nitrogens with zero attached hydrogens (tertiary/aromatic N) is 4. The average molecular weight is 463 g/mol. The number of rotatable bonds is 5. The van der Waals surface area contributed by atoms with Crippen molar-refractivity contribution in [3.05, 3.63) is 72.7 Å². The predicted molar refractivity (Wildman–Crippen MR) is 145 cm³/mol. The average Bonchev–Trinajstić information content (AvgIpc) is 3.11. The minimum absolute atomic E-state index is 0.185. The molecule has 0 aliphatic carbocycles. The number of anilines is 1.